The molecule has 1 aliphatic heterocycles. The topological polar surface area (TPSA) is 108 Å². The first-order valence-electron chi connectivity index (χ1n) is 6.13. The number of hydrogen-bond donors (Lipinski definition) is 4. The van der Waals surface area contributed by atoms with Gasteiger partial charge < -0.3 is 25.6 Å². The van der Waals surface area contributed by atoms with Crippen molar-refractivity contribution in [2.45, 2.75) is 37.9 Å². The first-order chi connectivity index (χ1) is 8.59. The van der Waals surface area contributed by atoms with Gasteiger partial charge in [0.15, 0.2) is 6.10 Å². The summed E-state index contributed by atoms with van der Waals surface area (Å²) in [7, 11) is 0. The highest BCUT2D eigenvalue weighted by Gasteiger charge is 2.15. The van der Waals surface area contributed by atoms with Gasteiger partial charge in [0.25, 0.3) is 0 Å². The number of aliphatic hydroxyl groups excluding tert-OH is 1. The van der Waals surface area contributed by atoms with Crippen molar-refractivity contribution < 1.29 is 24.5 Å². The number of aliphatic carboxylic acids is 1. The maximum absolute atomic E-state index is 11.2. The quantitative estimate of drug-likeness (QED) is 0.524. The molecule has 0 aromatic carbocycles. The molecule has 0 aliphatic carbocycles. The maximum atomic E-state index is 11.2. The molecule has 0 spiro atoms. The standard InChI is InChI=1S/C11H20N2O5/c14-9(10(15)16)7-13-11(17)12-5-4-8-3-1-2-6-18-8/h8-9,14H,1-7H2,(H,15,16)(H2,12,13,17)/t8?,9-/m0/s1. The maximum Gasteiger partial charge on any atom is 0.334 e. The number of carboxylic acid groups (broad SMARTS) is 1. The van der Waals surface area contributed by atoms with Crippen molar-refractivity contribution in [3.63, 3.8) is 0 Å². The van der Waals surface area contributed by atoms with Gasteiger partial charge in [-0.2, -0.15) is 0 Å². The molecule has 1 rings (SSSR count). The molecular weight excluding hydrogens is 240 g/mol. The molecule has 2 atom stereocenters. The Kier molecular flexibility index (Phi) is 6.45. The van der Waals surface area contributed by atoms with Crippen LogP contribution < -0.4 is 10.6 Å². The number of ether oxygens (including phenoxy) is 1. The van der Waals surface area contributed by atoms with Crippen LogP contribution in [0.3, 0.4) is 0 Å². The fraction of sp³-hybridized carbons (Fsp3) is 0.818. The summed E-state index contributed by atoms with van der Waals surface area (Å²) in [4.78, 5) is 21.5. The second kappa shape index (κ2) is 7.88. The average molecular weight is 260 g/mol. The number of amides is 2. The number of rotatable bonds is 6. The lowest BCUT2D eigenvalue weighted by atomic mass is 10.1. The molecule has 0 bridgehead atoms. The predicted molar refractivity (Wildman–Crippen MR) is 63.3 cm³/mol. The molecule has 0 saturated carbocycles. The van der Waals surface area contributed by atoms with E-state index in [9.17, 15) is 9.59 Å². The third kappa shape index (κ3) is 5.83. The van der Waals surface area contributed by atoms with Crippen molar-refractivity contribution in [3.05, 3.63) is 0 Å². The van der Waals surface area contributed by atoms with E-state index >= 15 is 0 Å². The molecule has 7 heteroatoms. The second-order valence-electron chi connectivity index (χ2n) is 4.27. The molecule has 7 nitrogen and oxygen atoms in total. The monoisotopic (exact) mass is 260 g/mol. The molecule has 1 heterocycles. The van der Waals surface area contributed by atoms with Crippen molar-refractivity contribution in [2.24, 2.45) is 0 Å². The molecule has 4 N–H and O–H groups in total. The number of carboxylic acids is 1. The van der Waals surface area contributed by atoms with Gasteiger partial charge in [0.2, 0.25) is 0 Å². The Labute approximate surface area is 106 Å². The van der Waals surface area contributed by atoms with Gasteiger partial charge in [-0.3, -0.25) is 0 Å². The van der Waals surface area contributed by atoms with Gasteiger partial charge in [-0.15, -0.1) is 0 Å². The summed E-state index contributed by atoms with van der Waals surface area (Å²) in [5.74, 6) is -1.36. The minimum absolute atomic E-state index is 0.198. The van der Waals surface area contributed by atoms with E-state index in [1.165, 1.54) is 0 Å². The van der Waals surface area contributed by atoms with E-state index in [0.29, 0.717) is 6.54 Å². The van der Waals surface area contributed by atoms with Crippen LogP contribution in [0.15, 0.2) is 0 Å². The Hall–Kier alpha value is -1.34. The van der Waals surface area contributed by atoms with Gasteiger partial charge in [0.1, 0.15) is 0 Å². The minimum atomic E-state index is -1.57. The zero-order chi connectivity index (χ0) is 13.4. The van der Waals surface area contributed by atoms with Crippen molar-refractivity contribution in [1.82, 2.24) is 10.6 Å². The van der Waals surface area contributed by atoms with E-state index in [0.717, 1.165) is 32.3 Å². The van der Waals surface area contributed by atoms with E-state index < -0.39 is 18.1 Å². The molecule has 1 fully saturated rings. The second-order valence-corrected chi connectivity index (χ2v) is 4.27. The average Bonchev–Trinajstić information content (AvgIpc) is 2.37. The van der Waals surface area contributed by atoms with Crippen molar-refractivity contribution in [1.29, 1.82) is 0 Å². The molecule has 104 valence electrons. The van der Waals surface area contributed by atoms with Crippen LogP contribution in [0.1, 0.15) is 25.7 Å². The lowest BCUT2D eigenvalue weighted by Gasteiger charge is -2.22. The number of carbonyl (C=O) groups is 2. The fourth-order valence-corrected chi connectivity index (χ4v) is 1.72. The summed E-state index contributed by atoms with van der Waals surface area (Å²) >= 11 is 0. The van der Waals surface area contributed by atoms with Gasteiger partial charge in [0.05, 0.1) is 12.6 Å². The van der Waals surface area contributed by atoms with Gasteiger partial charge in [-0.1, -0.05) is 0 Å². The number of carbonyl (C=O) groups excluding carboxylic acids is 1. The number of urea groups is 1. The highest BCUT2D eigenvalue weighted by molar-refractivity contribution is 5.76. The summed E-state index contributed by atoms with van der Waals surface area (Å²) in [5, 5.41) is 22.2. The Balaban J connectivity index is 2.04. The molecule has 1 aliphatic rings. The summed E-state index contributed by atoms with van der Waals surface area (Å²) in [5.41, 5.74) is 0. The summed E-state index contributed by atoms with van der Waals surface area (Å²) in [6.07, 6.45) is 2.64. The smallest absolute Gasteiger partial charge is 0.334 e. The zero-order valence-corrected chi connectivity index (χ0v) is 10.2. The SMILES string of the molecule is O=C(NCCC1CCCCO1)NC[C@H](O)C(=O)O. The summed E-state index contributed by atoms with van der Waals surface area (Å²) < 4.78 is 5.50. The lowest BCUT2D eigenvalue weighted by Crippen LogP contribution is -2.42. The van der Waals surface area contributed by atoms with E-state index in [1.54, 1.807) is 0 Å². The molecule has 0 aromatic heterocycles. The molecule has 2 amide bonds. The highest BCUT2D eigenvalue weighted by atomic mass is 16.5. The molecule has 1 unspecified atom stereocenters. The van der Waals surface area contributed by atoms with Gasteiger partial charge in [-0.25, -0.2) is 9.59 Å². The van der Waals surface area contributed by atoms with Crippen LogP contribution in [-0.2, 0) is 9.53 Å². The molecule has 1 saturated heterocycles. The molecule has 0 aromatic rings. The predicted octanol–water partition coefficient (Wildman–Crippen LogP) is -0.310. The first-order valence-corrected chi connectivity index (χ1v) is 6.13. The highest BCUT2D eigenvalue weighted by Crippen LogP contribution is 2.14. The Morgan fingerprint density at radius 1 is 1.33 bits per heavy atom. The lowest BCUT2D eigenvalue weighted by molar-refractivity contribution is -0.146. The van der Waals surface area contributed by atoms with E-state index in [4.69, 9.17) is 14.9 Å². The molecular formula is C11H20N2O5. The third-order valence-electron chi connectivity index (χ3n) is 2.77. The van der Waals surface area contributed by atoms with Crippen LogP contribution in [0.25, 0.3) is 0 Å². The van der Waals surface area contributed by atoms with Gasteiger partial charge in [0, 0.05) is 13.2 Å². The summed E-state index contributed by atoms with van der Waals surface area (Å²) in [6, 6.07) is -0.480. The fourth-order valence-electron chi connectivity index (χ4n) is 1.72. The van der Waals surface area contributed by atoms with E-state index in [-0.39, 0.29) is 12.6 Å². The Morgan fingerprint density at radius 3 is 2.72 bits per heavy atom. The van der Waals surface area contributed by atoms with Crippen molar-refractivity contribution in [2.75, 3.05) is 19.7 Å². The zero-order valence-electron chi connectivity index (χ0n) is 10.2. The van der Waals surface area contributed by atoms with Crippen molar-refractivity contribution >= 4 is 12.0 Å². The summed E-state index contributed by atoms with van der Waals surface area (Å²) in [6.45, 7) is 0.947. The Bertz CT molecular complexity index is 279. The van der Waals surface area contributed by atoms with Crippen LogP contribution >= 0.6 is 0 Å². The van der Waals surface area contributed by atoms with Gasteiger partial charge in [-0.05, 0) is 25.7 Å². The van der Waals surface area contributed by atoms with Gasteiger partial charge >= 0.3 is 12.0 Å². The van der Waals surface area contributed by atoms with Crippen molar-refractivity contribution in [3.8, 4) is 0 Å². The van der Waals surface area contributed by atoms with Crippen LogP contribution in [0.2, 0.25) is 0 Å². The van der Waals surface area contributed by atoms with Crippen LogP contribution in [0.5, 0.6) is 0 Å². The van der Waals surface area contributed by atoms with Crippen LogP contribution in [-0.4, -0.2) is 54.1 Å². The normalized spacial score (nSPS) is 21.1. The number of nitrogens with one attached hydrogen (secondary N) is 2. The minimum Gasteiger partial charge on any atom is -0.479 e. The van der Waals surface area contributed by atoms with E-state index in [1.807, 2.05) is 0 Å². The largest absolute Gasteiger partial charge is 0.479 e. The number of hydrogen-bond acceptors (Lipinski definition) is 4. The van der Waals surface area contributed by atoms with Crippen LogP contribution in [0.4, 0.5) is 4.79 Å². The molecule has 0 radical (unpaired) electrons. The Morgan fingerprint density at radius 2 is 2.11 bits per heavy atom. The molecule has 18 heavy (non-hydrogen) atoms. The number of aliphatic hydroxyl groups is 1. The first kappa shape index (κ1) is 14.7. The third-order valence-corrected chi connectivity index (χ3v) is 2.77. The van der Waals surface area contributed by atoms with Crippen LogP contribution in [0, 0.1) is 0 Å². The van der Waals surface area contributed by atoms with E-state index in [2.05, 4.69) is 10.6 Å².